The van der Waals surface area contributed by atoms with Crippen molar-refractivity contribution >= 4 is 5.91 Å². The van der Waals surface area contributed by atoms with Crippen LogP contribution in [-0.4, -0.2) is 26.1 Å². The number of nitrogens with one attached hydrogen (secondary N) is 2. The normalized spacial score (nSPS) is 10.2. The molecule has 6 heteroatoms. The number of hydrogen-bond acceptors (Lipinski definition) is 3. The van der Waals surface area contributed by atoms with Gasteiger partial charge in [0.2, 0.25) is 0 Å². The number of amides is 1. The molecule has 18 heavy (non-hydrogen) atoms. The summed E-state index contributed by atoms with van der Waals surface area (Å²) in [6.07, 6.45) is 0. The molecule has 0 radical (unpaired) electrons. The lowest BCUT2D eigenvalue weighted by molar-refractivity contribution is -0.122. The van der Waals surface area contributed by atoms with Gasteiger partial charge in [-0.15, -0.1) is 0 Å². The third-order valence-corrected chi connectivity index (χ3v) is 2.26. The average molecular weight is 258 g/mol. The first kappa shape index (κ1) is 14.4. The zero-order chi connectivity index (χ0) is 13.5. The van der Waals surface area contributed by atoms with E-state index in [-0.39, 0.29) is 0 Å². The Bertz CT molecular complexity index is 402. The van der Waals surface area contributed by atoms with Crippen LogP contribution in [0.25, 0.3) is 0 Å². The number of ether oxygens (including phenoxy) is 1. The summed E-state index contributed by atoms with van der Waals surface area (Å²) in [7, 11) is 1.41. The Labute approximate surface area is 104 Å². The molecule has 4 nitrogen and oxygen atoms in total. The van der Waals surface area contributed by atoms with Gasteiger partial charge in [0.1, 0.15) is 0 Å². The van der Waals surface area contributed by atoms with Crippen molar-refractivity contribution in [2.45, 2.75) is 13.5 Å². The number of carbonyl (C=O) groups excluding carboxylic acids is 1. The van der Waals surface area contributed by atoms with E-state index in [1.807, 2.05) is 6.92 Å². The number of carbonyl (C=O) groups is 1. The second-order valence-corrected chi connectivity index (χ2v) is 3.63. The predicted molar refractivity (Wildman–Crippen MR) is 63.3 cm³/mol. The van der Waals surface area contributed by atoms with Crippen LogP contribution < -0.4 is 15.4 Å². The summed E-state index contributed by atoms with van der Waals surface area (Å²) in [4.78, 5) is 10.9. The van der Waals surface area contributed by atoms with Crippen LogP contribution in [0.1, 0.15) is 12.5 Å². The van der Waals surface area contributed by atoms with E-state index in [2.05, 4.69) is 10.6 Å². The molecule has 0 aliphatic heterocycles. The Morgan fingerprint density at radius 1 is 1.33 bits per heavy atom. The topological polar surface area (TPSA) is 50.4 Å². The minimum absolute atomic E-state index is 0.375. The first-order valence-corrected chi connectivity index (χ1v) is 5.60. The second-order valence-electron chi connectivity index (χ2n) is 3.63. The minimum atomic E-state index is -0.813. The van der Waals surface area contributed by atoms with Crippen LogP contribution in [0.4, 0.5) is 8.78 Å². The van der Waals surface area contributed by atoms with E-state index in [4.69, 9.17) is 4.74 Å². The van der Waals surface area contributed by atoms with Gasteiger partial charge in [-0.1, -0.05) is 6.92 Å². The van der Waals surface area contributed by atoms with Crippen LogP contribution in [0.3, 0.4) is 0 Å². The molecule has 0 aliphatic carbocycles. The van der Waals surface area contributed by atoms with Gasteiger partial charge in [0.05, 0.1) is 0 Å². The fourth-order valence-corrected chi connectivity index (χ4v) is 1.33. The lowest BCUT2D eigenvalue weighted by atomic mass is 10.2. The van der Waals surface area contributed by atoms with Crippen LogP contribution in [-0.2, 0) is 11.3 Å². The predicted octanol–water partition coefficient (Wildman–Crippen LogP) is 1.20. The summed E-state index contributed by atoms with van der Waals surface area (Å²) < 4.78 is 31.9. The number of halogens is 2. The maximum atomic E-state index is 13.6. The lowest BCUT2D eigenvalue weighted by Gasteiger charge is -2.09. The van der Waals surface area contributed by atoms with Crippen molar-refractivity contribution in [1.29, 1.82) is 0 Å². The molecule has 1 amide bonds. The lowest BCUT2D eigenvalue weighted by Crippen LogP contribution is -2.25. The smallest absolute Gasteiger partial charge is 0.257 e. The van der Waals surface area contributed by atoms with Crippen molar-refractivity contribution in [1.82, 2.24) is 10.6 Å². The first-order valence-electron chi connectivity index (χ1n) is 5.60. The largest absolute Gasteiger partial charge is 0.478 e. The first-order chi connectivity index (χ1) is 8.58. The molecule has 1 aromatic carbocycles. The monoisotopic (exact) mass is 258 g/mol. The summed E-state index contributed by atoms with van der Waals surface area (Å²) in [5.41, 5.74) is 0.485. The molecule has 1 aromatic rings. The fraction of sp³-hybridized carbons (Fsp3) is 0.417. The highest BCUT2D eigenvalue weighted by atomic mass is 19.1. The van der Waals surface area contributed by atoms with Gasteiger partial charge < -0.3 is 15.4 Å². The van der Waals surface area contributed by atoms with Crippen LogP contribution in [0.5, 0.6) is 5.75 Å². The Kier molecular flexibility index (Phi) is 5.51. The molecule has 0 aliphatic rings. The molecular formula is C12H16F2N2O2. The number of likely N-dealkylation sites (N-methyl/N-ethyl adjacent to an activating group) is 1. The number of benzene rings is 1. The molecule has 0 bridgehead atoms. The second kappa shape index (κ2) is 6.90. The van der Waals surface area contributed by atoms with Crippen LogP contribution >= 0.6 is 0 Å². The maximum Gasteiger partial charge on any atom is 0.257 e. The van der Waals surface area contributed by atoms with Gasteiger partial charge in [-0.2, -0.15) is 0 Å². The van der Waals surface area contributed by atoms with Crippen LogP contribution in [0.2, 0.25) is 0 Å². The molecule has 0 saturated heterocycles. The van der Waals surface area contributed by atoms with E-state index < -0.39 is 29.9 Å². The molecule has 0 saturated carbocycles. The van der Waals surface area contributed by atoms with Crippen molar-refractivity contribution in [3.05, 3.63) is 29.3 Å². The molecule has 0 heterocycles. The third kappa shape index (κ3) is 3.96. The molecule has 100 valence electrons. The van der Waals surface area contributed by atoms with Crippen LogP contribution in [0.15, 0.2) is 12.1 Å². The highest BCUT2D eigenvalue weighted by molar-refractivity contribution is 5.77. The fourth-order valence-electron chi connectivity index (χ4n) is 1.33. The Morgan fingerprint density at radius 3 is 2.44 bits per heavy atom. The minimum Gasteiger partial charge on any atom is -0.478 e. The molecule has 2 N–H and O–H groups in total. The molecule has 0 unspecified atom stereocenters. The van der Waals surface area contributed by atoms with E-state index >= 15 is 0 Å². The highest BCUT2D eigenvalue weighted by Gasteiger charge is 2.13. The molecule has 0 atom stereocenters. The van der Waals surface area contributed by atoms with Crippen molar-refractivity contribution < 1.29 is 18.3 Å². The third-order valence-electron chi connectivity index (χ3n) is 2.26. The quantitative estimate of drug-likeness (QED) is 0.806. The molecule has 0 aromatic heterocycles. The maximum absolute atomic E-state index is 13.6. The SMILES string of the molecule is CCNCc1cc(F)c(OCC(=O)NC)c(F)c1. The summed E-state index contributed by atoms with van der Waals surface area (Å²) in [6, 6.07) is 2.37. The van der Waals surface area contributed by atoms with Crippen molar-refractivity contribution in [2.24, 2.45) is 0 Å². The van der Waals surface area contributed by atoms with Gasteiger partial charge in [-0.25, -0.2) is 8.78 Å². The van der Waals surface area contributed by atoms with Gasteiger partial charge in [-0.05, 0) is 24.2 Å². The summed E-state index contributed by atoms with van der Waals surface area (Å²) in [5.74, 6) is -2.61. The van der Waals surface area contributed by atoms with Crippen molar-refractivity contribution in [3.8, 4) is 5.75 Å². The zero-order valence-corrected chi connectivity index (χ0v) is 10.3. The van der Waals surface area contributed by atoms with E-state index in [1.54, 1.807) is 0 Å². The Balaban J connectivity index is 2.77. The van der Waals surface area contributed by atoms with Gasteiger partial charge >= 0.3 is 0 Å². The summed E-state index contributed by atoms with van der Waals surface area (Å²) >= 11 is 0. The molecule has 1 rings (SSSR count). The Morgan fingerprint density at radius 2 is 1.94 bits per heavy atom. The zero-order valence-electron chi connectivity index (χ0n) is 10.3. The van der Waals surface area contributed by atoms with Gasteiger partial charge in [0.25, 0.3) is 5.91 Å². The van der Waals surface area contributed by atoms with E-state index in [1.165, 1.54) is 19.2 Å². The van der Waals surface area contributed by atoms with Gasteiger partial charge in [0, 0.05) is 13.6 Å². The van der Waals surface area contributed by atoms with Gasteiger partial charge in [0.15, 0.2) is 24.0 Å². The standard InChI is InChI=1S/C12H16F2N2O2/c1-3-16-6-8-4-9(13)12(10(14)5-8)18-7-11(17)15-2/h4-5,16H,3,6-7H2,1-2H3,(H,15,17). The molecular weight excluding hydrogens is 242 g/mol. The molecule has 0 fully saturated rings. The Hall–Kier alpha value is -1.69. The van der Waals surface area contributed by atoms with Crippen molar-refractivity contribution in [3.63, 3.8) is 0 Å². The van der Waals surface area contributed by atoms with Crippen molar-refractivity contribution in [2.75, 3.05) is 20.2 Å². The average Bonchev–Trinajstić information content (AvgIpc) is 2.34. The van der Waals surface area contributed by atoms with E-state index in [9.17, 15) is 13.6 Å². The summed E-state index contributed by atoms with van der Waals surface area (Å²) in [5, 5.41) is 5.25. The highest BCUT2D eigenvalue weighted by Crippen LogP contribution is 2.23. The number of rotatable bonds is 6. The number of hydrogen-bond donors (Lipinski definition) is 2. The molecule has 0 spiro atoms. The summed E-state index contributed by atoms with van der Waals surface area (Å²) in [6.45, 7) is 2.56. The van der Waals surface area contributed by atoms with E-state index in [0.29, 0.717) is 18.7 Å². The van der Waals surface area contributed by atoms with Gasteiger partial charge in [-0.3, -0.25) is 4.79 Å². The van der Waals surface area contributed by atoms with E-state index in [0.717, 1.165) is 0 Å². The van der Waals surface area contributed by atoms with Crippen LogP contribution in [0, 0.1) is 11.6 Å².